The maximum Gasteiger partial charge on any atom is 0.341 e. The average Bonchev–Trinajstić information content (AvgIpc) is 2.82. The van der Waals surface area contributed by atoms with Gasteiger partial charge in [0.25, 0.3) is 0 Å². The predicted molar refractivity (Wildman–Crippen MR) is 99.0 cm³/mol. The highest BCUT2D eigenvalue weighted by Crippen LogP contribution is 2.40. The molecule has 0 fully saturated rings. The van der Waals surface area contributed by atoms with E-state index < -0.39 is 15.8 Å². The number of carbonyl (C=O) groups is 2. The monoisotopic (exact) mass is 387 g/mol. The van der Waals surface area contributed by atoms with Gasteiger partial charge in [-0.05, 0) is 44.1 Å². The van der Waals surface area contributed by atoms with Gasteiger partial charge >= 0.3 is 5.97 Å². The number of thiophene rings is 1. The molecule has 1 aliphatic rings. The molecule has 1 aliphatic carbocycles. The quantitative estimate of drug-likeness (QED) is 0.727. The van der Waals surface area contributed by atoms with E-state index in [1.165, 1.54) is 11.3 Å². The molecule has 0 saturated carbocycles. The molecule has 0 aliphatic heterocycles. The van der Waals surface area contributed by atoms with E-state index in [1.54, 1.807) is 6.92 Å². The minimum Gasteiger partial charge on any atom is -0.462 e. The van der Waals surface area contributed by atoms with E-state index >= 15 is 0 Å². The number of hydrogen-bond acceptors (Lipinski definition) is 6. The van der Waals surface area contributed by atoms with Crippen LogP contribution in [0.3, 0.4) is 0 Å². The van der Waals surface area contributed by atoms with Gasteiger partial charge in [0.1, 0.15) is 14.8 Å². The van der Waals surface area contributed by atoms with Gasteiger partial charge in [0.05, 0.1) is 17.9 Å². The minimum atomic E-state index is -3.08. The third-order valence-electron chi connectivity index (χ3n) is 4.16. The summed E-state index contributed by atoms with van der Waals surface area (Å²) in [6.07, 6.45) is 4.24. The Kier molecular flexibility index (Phi) is 6.62. The number of carbonyl (C=O) groups excluding carboxylic acids is 2. The lowest BCUT2D eigenvalue weighted by molar-refractivity contribution is -0.116. The van der Waals surface area contributed by atoms with Crippen LogP contribution in [-0.4, -0.2) is 38.9 Å². The first-order chi connectivity index (χ1) is 11.7. The van der Waals surface area contributed by atoms with Gasteiger partial charge in [-0.25, -0.2) is 13.2 Å². The summed E-state index contributed by atoms with van der Waals surface area (Å²) in [5.41, 5.74) is 1.47. The van der Waals surface area contributed by atoms with Crippen LogP contribution in [0.4, 0.5) is 5.00 Å². The zero-order valence-electron chi connectivity index (χ0n) is 14.9. The number of ether oxygens (including phenoxy) is 1. The number of hydrogen-bond donors (Lipinski definition) is 1. The largest absolute Gasteiger partial charge is 0.462 e. The Bertz CT molecular complexity index is 751. The lowest BCUT2D eigenvalue weighted by atomic mass is 9.88. The molecule has 140 valence electrons. The summed E-state index contributed by atoms with van der Waals surface area (Å²) in [7, 11) is -3.08. The summed E-state index contributed by atoms with van der Waals surface area (Å²) in [6.45, 7) is 4.21. The van der Waals surface area contributed by atoms with Crippen molar-refractivity contribution in [2.45, 2.75) is 46.0 Å². The van der Waals surface area contributed by atoms with Crippen LogP contribution >= 0.6 is 11.3 Å². The fraction of sp³-hybridized carbons (Fsp3) is 0.647. The first kappa shape index (κ1) is 19.9. The summed E-state index contributed by atoms with van der Waals surface area (Å²) in [4.78, 5) is 25.7. The highest BCUT2D eigenvalue weighted by Gasteiger charge is 2.29. The fourth-order valence-electron chi connectivity index (χ4n) is 2.94. The third kappa shape index (κ3) is 5.54. The molecule has 1 atom stereocenters. The van der Waals surface area contributed by atoms with Crippen molar-refractivity contribution in [2.24, 2.45) is 5.92 Å². The standard InChI is InChI=1S/C17H25NO5S2/c1-4-23-17(20)15-12-8-7-11(2)10-13(12)24-16(15)18-14(19)6-5-9-25(3,21)22/h11H,4-10H2,1-3H3,(H,18,19). The molecule has 6 nitrogen and oxygen atoms in total. The highest BCUT2D eigenvalue weighted by atomic mass is 32.2. The van der Waals surface area contributed by atoms with Crippen molar-refractivity contribution in [3.8, 4) is 0 Å². The second-order valence-corrected chi connectivity index (χ2v) is 9.92. The topological polar surface area (TPSA) is 89.5 Å². The van der Waals surface area contributed by atoms with Crippen LogP contribution in [0.15, 0.2) is 0 Å². The van der Waals surface area contributed by atoms with E-state index in [-0.39, 0.29) is 31.1 Å². The van der Waals surface area contributed by atoms with Crippen molar-refractivity contribution in [3.63, 3.8) is 0 Å². The number of rotatable bonds is 7. The number of amides is 1. The molecule has 2 rings (SSSR count). The fourth-order valence-corrected chi connectivity index (χ4v) is 5.03. The molecular weight excluding hydrogens is 362 g/mol. The van der Waals surface area contributed by atoms with Crippen LogP contribution < -0.4 is 5.32 Å². The van der Waals surface area contributed by atoms with Gasteiger partial charge in [-0.1, -0.05) is 6.92 Å². The van der Waals surface area contributed by atoms with Crippen LogP contribution in [-0.2, 0) is 32.2 Å². The number of nitrogens with one attached hydrogen (secondary N) is 1. The van der Waals surface area contributed by atoms with Crippen molar-refractivity contribution in [3.05, 3.63) is 16.0 Å². The Morgan fingerprint density at radius 1 is 1.36 bits per heavy atom. The lowest BCUT2D eigenvalue weighted by Crippen LogP contribution is -2.17. The molecule has 1 N–H and O–H groups in total. The first-order valence-corrected chi connectivity index (χ1v) is 11.4. The van der Waals surface area contributed by atoms with Crippen LogP contribution in [0, 0.1) is 5.92 Å². The molecule has 0 radical (unpaired) electrons. The van der Waals surface area contributed by atoms with Crippen molar-refractivity contribution in [1.29, 1.82) is 0 Å². The maximum absolute atomic E-state index is 12.4. The Balaban J connectivity index is 2.16. The summed E-state index contributed by atoms with van der Waals surface area (Å²) in [5.74, 6) is -0.148. The van der Waals surface area contributed by atoms with Crippen LogP contribution in [0.25, 0.3) is 0 Å². The van der Waals surface area contributed by atoms with Gasteiger partial charge in [0.15, 0.2) is 0 Å². The molecule has 0 bridgehead atoms. The summed E-state index contributed by atoms with van der Waals surface area (Å²) >= 11 is 1.44. The number of anilines is 1. The number of sulfone groups is 1. The Morgan fingerprint density at radius 3 is 2.72 bits per heavy atom. The van der Waals surface area contributed by atoms with Gasteiger partial charge in [0.2, 0.25) is 5.91 Å². The van der Waals surface area contributed by atoms with E-state index in [0.717, 1.165) is 36.0 Å². The molecular formula is C17H25NO5S2. The van der Waals surface area contributed by atoms with Crippen molar-refractivity contribution >= 4 is 38.1 Å². The van der Waals surface area contributed by atoms with E-state index in [2.05, 4.69) is 12.2 Å². The second kappa shape index (κ2) is 8.31. The highest BCUT2D eigenvalue weighted by molar-refractivity contribution is 7.90. The second-order valence-electron chi connectivity index (χ2n) is 6.56. The Hall–Kier alpha value is -1.41. The smallest absolute Gasteiger partial charge is 0.341 e. The number of esters is 1. The number of fused-ring (bicyclic) bond motifs is 1. The third-order valence-corrected chi connectivity index (χ3v) is 6.36. The van der Waals surface area contributed by atoms with Crippen molar-refractivity contribution in [1.82, 2.24) is 0 Å². The zero-order chi connectivity index (χ0) is 18.6. The maximum atomic E-state index is 12.4. The molecule has 1 aromatic heterocycles. The Morgan fingerprint density at radius 2 is 2.08 bits per heavy atom. The molecule has 0 spiro atoms. The molecule has 25 heavy (non-hydrogen) atoms. The van der Waals surface area contributed by atoms with E-state index in [0.29, 0.717) is 16.5 Å². The van der Waals surface area contributed by atoms with Gasteiger partial charge < -0.3 is 10.1 Å². The summed E-state index contributed by atoms with van der Waals surface area (Å²) < 4.78 is 27.5. The predicted octanol–water partition coefficient (Wildman–Crippen LogP) is 2.81. The van der Waals surface area contributed by atoms with Gasteiger partial charge in [-0.15, -0.1) is 11.3 Å². The first-order valence-electron chi connectivity index (χ1n) is 8.50. The summed E-state index contributed by atoms with van der Waals surface area (Å²) in [5, 5.41) is 3.32. The minimum absolute atomic E-state index is 0.0242. The SMILES string of the molecule is CCOC(=O)c1c(NC(=O)CCCS(C)(=O)=O)sc2c1CCC(C)C2. The molecule has 1 aromatic rings. The molecule has 1 unspecified atom stereocenters. The molecule has 8 heteroatoms. The lowest BCUT2D eigenvalue weighted by Gasteiger charge is -2.18. The average molecular weight is 388 g/mol. The normalized spacial score (nSPS) is 17.0. The Labute approximate surface area is 152 Å². The van der Waals surface area contributed by atoms with Crippen LogP contribution in [0.1, 0.15) is 53.9 Å². The molecule has 1 heterocycles. The van der Waals surface area contributed by atoms with Gasteiger partial charge in [-0.3, -0.25) is 4.79 Å². The van der Waals surface area contributed by atoms with Gasteiger partial charge in [0, 0.05) is 17.6 Å². The molecule has 0 saturated heterocycles. The van der Waals surface area contributed by atoms with Gasteiger partial charge in [-0.2, -0.15) is 0 Å². The van der Waals surface area contributed by atoms with Crippen LogP contribution in [0.2, 0.25) is 0 Å². The molecule has 0 aromatic carbocycles. The van der Waals surface area contributed by atoms with Crippen molar-refractivity contribution in [2.75, 3.05) is 23.9 Å². The van der Waals surface area contributed by atoms with Crippen LogP contribution in [0.5, 0.6) is 0 Å². The van der Waals surface area contributed by atoms with Crippen molar-refractivity contribution < 1.29 is 22.7 Å². The van der Waals surface area contributed by atoms with E-state index in [1.807, 2.05) is 0 Å². The van der Waals surface area contributed by atoms with E-state index in [9.17, 15) is 18.0 Å². The molecule has 1 amide bonds. The zero-order valence-corrected chi connectivity index (χ0v) is 16.5. The summed E-state index contributed by atoms with van der Waals surface area (Å²) in [6, 6.07) is 0. The van der Waals surface area contributed by atoms with E-state index in [4.69, 9.17) is 4.74 Å².